The van der Waals surface area contributed by atoms with Gasteiger partial charge < -0.3 is 25.2 Å². The van der Waals surface area contributed by atoms with Crippen molar-refractivity contribution in [1.29, 1.82) is 0 Å². The lowest BCUT2D eigenvalue weighted by Gasteiger charge is -2.19. The van der Waals surface area contributed by atoms with Crippen molar-refractivity contribution in [2.45, 2.75) is 161 Å². The molecule has 4 N–H and O–H groups in total. The second-order valence-electron chi connectivity index (χ2n) is 13.4. The summed E-state index contributed by atoms with van der Waals surface area (Å²) in [6.45, 7) is 3.14. The Hall–Kier alpha value is -2.59. The highest BCUT2D eigenvalue weighted by Crippen LogP contribution is 2.43. The number of phosphoric ester groups is 1. The summed E-state index contributed by atoms with van der Waals surface area (Å²) < 4.78 is 32.6. The molecular formula is C43H74NO9P. The smallest absolute Gasteiger partial charge is 0.462 e. The van der Waals surface area contributed by atoms with E-state index in [0.29, 0.717) is 19.3 Å². The third-order valence-corrected chi connectivity index (χ3v) is 9.07. The van der Waals surface area contributed by atoms with Crippen molar-refractivity contribution in [2.75, 3.05) is 26.4 Å². The summed E-state index contributed by atoms with van der Waals surface area (Å²) in [5.74, 6) is -0.935. The molecule has 0 aliphatic rings. The van der Waals surface area contributed by atoms with E-state index in [0.717, 1.165) is 83.5 Å². The number of ether oxygens (including phenoxy) is 2. The monoisotopic (exact) mass is 780 g/mol. The molecule has 0 aromatic carbocycles. The predicted molar refractivity (Wildman–Crippen MR) is 221 cm³/mol. The molecule has 0 rings (SSSR count). The fraction of sp³-hybridized carbons (Fsp3) is 0.674. The molecule has 0 heterocycles. The predicted octanol–water partition coefficient (Wildman–Crippen LogP) is 10.5. The Morgan fingerprint density at radius 2 is 1.11 bits per heavy atom. The molecule has 310 valence electrons. The van der Waals surface area contributed by atoms with Crippen LogP contribution in [0.4, 0.5) is 0 Å². The summed E-state index contributed by atoms with van der Waals surface area (Å²) in [5.41, 5.74) is 5.33. The fourth-order valence-electron chi connectivity index (χ4n) is 5.03. The molecule has 0 bridgehead atoms. The van der Waals surface area contributed by atoms with Gasteiger partial charge >= 0.3 is 19.8 Å². The minimum absolute atomic E-state index is 0.0351. The van der Waals surface area contributed by atoms with E-state index in [2.05, 4.69) is 73.8 Å². The lowest BCUT2D eigenvalue weighted by atomic mass is 10.1. The normalized spacial score (nSPS) is 14.7. The number of rotatable bonds is 37. The van der Waals surface area contributed by atoms with Gasteiger partial charge in [-0.05, 0) is 96.8 Å². The molecule has 0 aromatic rings. The number of aliphatic hydroxyl groups is 1. The highest BCUT2D eigenvalue weighted by Gasteiger charge is 2.25. The van der Waals surface area contributed by atoms with Crippen LogP contribution in [-0.4, -0.2) is 60.5 Å². The van der Waals surface area contributed by atoms with E-state index in [1.807, 2.05) is 13.0 Å². The average molecular weight is 780 g/mol. The Bertz CT molecular complexity index is 1130. The van der Waals surface area contributed by atoms with E-state index >= 15 is 0 Å². The van der Waals surface area contributed by atoms with E-state index in [1.54, 1.807) is 0 Å². The standard InChI is InChI=1S/C43H74NO9P/c1-3-4-5-6-7-8-9-10-12-17-20-23-26-29-32-35-43(47)53-41(39-52-54(48,49)51-37-36-44)38-50-42(46)34-31-28-25-22-19-16-14-11-13-15-18-21-24-27-30-33-40(2)45/h7-8,10,12-16,21-22,24-25,40-41,45H,3-6,9,11,17-20,23,26-39,44H2,1-2H3,(H,48,49)/b8-7-,12-10-,15-13-,16-14-,24-21-,25-22-/t40-,41-/m1/s1. The number of carbonyl (C=O) groups is 2. The number of esters is 2. The summed E-state index contributed by atoms with van der Waals surface area (Å²) in [5, 5.41) is 9.26. The number of hydrogen-bond donors (Lipinski definition) is 3. The number of aliphatic hydroxyl groups excluding tert-OH is 1. The number of allylic oxidation sites excluding steroid dienone is 12. The number of unbranched alkanes of at least 4 members (excludes halogenated alkanes) is 10. The van der Waals surface area contributed by atoms with E-state index in [4.69, 9.17) is 24.3 Å². The molecular weight excluding hydrogens is 705 g/mol. The molecule has 0 amide bonds. The van der Waals surface area contributed by atoms with Gasteiger partial charge in [-0.3, -0.25) is 18.6 Å². The van der Waals surface area contributed by atoms with Crippen LogP contribution in [0.25, 0.3) is 0 Å². The van der Waals surface area contributed by atoms with Crippen LogP contribution in [-0.2, 0) is 32.7 Å². The Morgan fingerprint density at radius 3 is 1.67 bits per heavy atom. The summed E-state index contributed by atoms with van der Waals surface area (Å²) >= 11 is 0. The summed E-state index contributed by atoms with van der Waals surface area (Å²) in [7, 11) is -4.40. The van der Waals surface area contributed by atoms with Crippen molar-refractivity contribution in [3.8, 4) is 0 Å². The molecule has 0 aromatic heterocycles. The fourth-order valence-corrected chi connectivity index (χ4v) is 5.79. The van der Waals surface area contributed by atoms with Gasteiger partial charge in [-0.1, -0.05) is 112 Å². The highest BCUT2D eigenvalue weighted by molar-refractivity contribution is 7.47. The van der Waals surface area contributed by atoms with Gasteiger partial charge in [-0.25, -0.2) is 4.57 Å². The Labute approximate surface area is 327 Å². The van der Waals surface area contributed by atoms with Gasteiger partial charge in [0.15, 0.2) is 6.10 Å². The number of nitrogens with two attached hydrogens (primary N) is 1. The Kier molecular flexibility index (Phi) is 36.8. The van der Waals surface area contributed by atoms with Crippen LogP contribution in [0.5, 0.6) is 0 Å². The summed E-state index contributed by atoms with van der Waals surface area (Å²) in [6.07, 6.45) is 43.5. The molecule has 1 unspecified atom stereocenters. The average Bonchev–Trinajstić information content (AvgIpc) is 3.14. The third-order valence-electron chi connectivity index (χ3n) is 8.08. The summed E-state index contributed by atoms with van der Waals surface area (Å²) in [6, 6.07) is 0. The van der Waals surface area contributed by atoms with Crippen LogP contribution in [0.2, 0.25) is 0 Å². The van der Waals surface area contributed by atoms with Gasteiger partial charge in [0.25, 0.3) is 0 Å². The van der Waals surface area contributed by atoms with Crippen LogP contribution >= 0.6 is 7.82 Å². The second kappa shape index (κ2) is 38.7. The van der Waals surface area contributed by atoms with Crippen molar-refractivity contribution in [3.63, 3.8) is 0 Å². The lowest BCUT2D eigenvalue weighted by molar-refractivity contribution is -0.161. The van der Waals surface area contributed by atoms with Crippen molar-refractivity contribution < 1.29 is 42.7 Å². The third kappa shape index (κ3) is 39.1. The SMILES string of the molecule is CCCCC/C=C\C/C=C\CCCCCCCC(=O)O[C@H](COC(=O)CCC/C=C\C/C=C\C/C=C\C/C=C\CCC[C@@H](C)O)COP(=O)(O)OCCN. The maximum Gasteiger partial charge on any atom is 0.472 e. The maximum absolute atomic E-state index is 12.5. The number of carbonyl (C=O) groups excluding carboxylic acids is 2. The van der Waals surface area contributed by atoms with Crippen molar-refractivity contribution in [2.24, 2.45) is 5.73 Å². The minimum atomic E-state index is -4.40. The van der Waals surface area contributed by atoms with Gasteiger partial charge in [0.05, 0.1) is 19.3 Å². The van der Waals surface area contributed by atoms with Crippen molar-refractivity contribution in [1.82, 2.24) is 0 Å². The van der Waals surface area contributed by atoms with E-state index in [-0.39, 0.29) is 38.7 Å². The first-order valence-electron chi connectivity index (χ1n) is 20.4. The van der Waals surface area contributed by atoms with Gasteiger partial charge in [-0.2, -0.15) is 0 Å². The molecule has 10 nitrogen and oxygen atoms in total. The maximum atomic E-state index is 12.5. The molecule has 0 spiro atoms. The first kappa shape index (κ1) is 51.4. The highest BCUT2D eigenvalue weighted by atomic mass is 31.2. The summed E-state index contributed by atoms with van der Waals surface area (Å²) in [4.78, 5) is 34.8. The molecule has 0 radical (unpaired) electrons. The zero-order chi connectivity index (χ0) is 39.8. The Balaban J connectivity index is 4.32. The van der Waals surface area contributed by atoms with Gasteiger partial charge in [0.2, 0.25) is 0 Å². The van der Waals surface area contributed by atoms with E-state index in [9.17, 15) is 24.2 Å². The van der Waals surface area contributed by atoms with E-state index < -0.39 is 32.5 Å². The van der Waals surface area contributed by atoms with E-state index in [1.165, 1.54) is 19.3 Å². The largest absolute Gasteiger partial charge is 0.472 e. The molecule has 0 aliphatic heterocycles. The first-order chi connectivity index (χ1) is 26.2. The van der Waals surface area contributed by atoms with Gasteiger partial charge in [0.1, 0.15) is 6.61 Å². The molecule has 0 aliphatic carbocycles. The molecule has 0 saturated carbocycles. The van der Waals surface area contributed by atoms with Gasteiger partial charge in [0, 0.05) is 19.4 Å². The molecule has 54 heavy (non-hydrogen) atoms. The van der Waals surface area contributed by atoms with Crippen molar-refractivity contribution in [3.05, 3.63) is 72.9 Å². The molecule has 11 heteroatoms. The van der Waals surface area contributed by atoms with Crippen LogP contribution in [0.1, 0.15) is 149 Å². The van der Waals surface area contributed by atoms with Gasteiger partial charge in [-0.15, -0.1) is 0 Å². The minimum Gasteiger partial charge on any atom is -0.462 e. The topological polar surface area (TPSA) is 155 Å². The number of hydrogen-bond acceptors (Lipinski definition) is 9. The zero-order valence-electron chi connectivity index (χ0n) is 33.5. The molecule has 3 atom stereocenters. The van der Waals surface area contributed by atoms with Crippen LogP contribution in [0, 0.1) is 0 Å². The molecule has 0 fully saturated rings. The molecule has 0 saturated heterocycles. The van der Waals surface area contributed by atoms with Crippen molar-refractivity contribution >= 4 is 19.8 Å². The zero-order valence-corrected chi connectivity index (χ0v) is 34.4. The lowest BCUT2D eigenvalue weighted by Crippen LogP contribution is -2.29. The first-order valence-corrected chi connectivity index (χ1v) is 21.9. The van der Waals surface area contributed by atoms with Crippen LogP contribution in [0.3, 0.4) is 0 Å². The van der Waals surface area contributed by atoms with Crippen LogP contribution in [0.15, 0.2) is 72.9 Å². The quantitative estimate of drug-likeness (QED) is 0.0240. The second-order valence-corrected chi connectivity index (χ2v) is 14.9. The van der Waals surface area contributed by atoms with Crippen LogP contribution < -0.4 is 5.73 Å². The number of phosphoric acid groups is 1. The Morgan fingerprint density at radius 1 is 0.630 bits per heavy atom.